The summed E-state index contributed by atoms with van der Waals surface area (Å²) in [6.45, 7) is 2.11. The van der Waals surface area contributed by atoms with Crippen LogP contribution in [0.15, 0.2) is 29.0 Å². The number of hydrogen-bond donors (Lipinski definition) is 1. The Labute approximate surface area is 99.3 Å². The monoisotopic (exact) mass is 230 g/mol. The van der Waals surface area contributed by atoms with Crippen LogP contribution in [0, 0.1) is 5.92 Å². The molecule has 5 nitrogen and oxygen atoms in total. The van der Waals surface area contributed by atoms with E-state index in [0.717, 1.165) is 36.8 Å². The lowest BCUT2D eigenvalue weighted by Gasteiger charge is -2.25. The van der Waals surface area contributed by atoms with Crippen LogP contribution in [0.3, 0.4) is 0 Å². The van der Waals surface area contributed by atoms with E-state index in [4.69, 9.17) is 4.52 Å². The van der Waals surface area contributed by atoms with Gasteiger partial charge in [0.15, 0.2) is 5.82 Å². The van der Waals surface area contributed by atoms with Crippen LogP contribution in [-0.2, 0) is 12.8 Å². The van der Waals surface area contributed by atoms with Crippen LogP contribution in [0.2, 0.25) is 0 Å². The average molecular weight is 230 g/mol. The van der Waals surface area contributed by atoms with E-state index < -0.39 is 0 Å². The molecule has 0 aliphatic carbocycles. The number of hydrogen-bond acceptors (Lipinski definition) is 5. The third kappa shape index (κ3) is 2.50. The fourth-order valence-electron chi connectivity index (χ4n) is 1.87. The molecular formula is C12H14N4O. The summed E-state index contributed by atoms with van der Waals surface area (Å²) in [6, 6.07) is 3.93. The molecule has 1 N–H and O–H groups in total. The molecule has 1 aliphatic rings. The normalized spacial score (nSPS) is 15.8. The van der Waals surface area contributed by atoms with Crippen molar-refractivity contribution >= 4 is 0 Å². The summed E-state index contributed by atoms with van der Waals surface area (Å²) in [4.78, 5) is 8.46. The van der Waals surface area contributed by atoms with Crippen molar-refractivity contribution in [3.63, 3.8) is 0 Å². The summed E-state index contributed by atoms with van der Waals surface area (Å²) < 4.78 is 5.23. The van der Waals surface area contributed by atoms with Crippen LogP contribution in [0.5, 0.6) is 0 Å². The molecule has 0 amide bonds. The highest BCUT2D eigenvalue weighted by Crippen LogP contribution is 2.12. The zero-order chi connectivity index (χ0) is 11.5. The highest BCUT2D eigenvalue weighted by atomic mass is 16.5. The lowest BCUT2D eigenvalue weighted by atomic mass is 10.00. The van der Waals surface area contributed by atoms with E-state index >= 15 is 0 Å². The summed E-state index contributed by atoms with van der Waals surface area (Å²) in [5.41, 5.74) is 1.10. The van der Waals surface area contributed by atoms with Crippen molar-refractivity contribution in [3.05, 3.63) is 41.8 Å². The number of aromatic nitrogens is 3. The number of nitrogens with zero attached hydrogens (tertiary/aromatic N) is 3. The van der Waals surface area contributed by atoms with Crippen LogP contribution in [0.4, 0.5) is 0 Å². The molecule has 0 unspecified atom stereocenters. The Kier molecular flexibility index (Phi) is 2.83. The fourth-order valence-corrected chi connectivity index (χ4v) is 1.87. The summed E-state index contributed by atoms with van der Waals surface area (Å²) in [6.07, 6.45) is 5.15. The summed E-state index contributed by atoms with van der Waals surface area (Å²) >= 11 is 0. The summed E-state index contributed by atoms with van der Waals surface area (Å²) in [7, 11) is 0. The zero-order valence-corrected chi connectivity index (χ0v) is 9.47. The first-order chi connectivity index (χ1) is 8.40. The van der Waals surface area contributed by atoms with Gasteiger partial charge in [0, 0.05) is 25.2 Å². The largest absolute Gasteiger partial charge is 0.339 e. The van der Waals surface area contributed by atoms with Crippen molar-refractivity contribution in [2.45, 2.75) is 12.8 Å². The molecule has 88 valence electrons. The van der Waals surface area contributed by atoms with Gasteiger partial charge < -0.3 is 9.84 Å². The van der Waals surface area contributed by atoms with Crippen LogP contribution in [0.1, 0.15) is 17.3 Å². The molecule has 5 heteroatoms. The van der Waals surface area contributed by atoms with E-state index in [0.29, 0.717) is 12.3 Å². The van der Waals surface area contributed by atoms with E-state index in [1.165, 1.54) is 0 Å². The number of rotatable bonds is 4. The van der Waals surface area contributed by atoms with Crippen molar-refractivity contribution in [3.8, 4) is 0 Å². The maximum Gasteiger partial charge on any atom is 0.227 e. The Morgan fingerprint density at radius 2 is 2.35 bits per heavy atom. The highest BCUT2D eigenvalue weighted by Gasteiger charge is 2.20. The standard InChI is InChI=1S/C12H14N4O/c1-2-9(6-13-3-1)4-11-15-12(17-16-11)5-10-7-14-8-10/h1-3,6,10,14H,4-5,7-8H2. The number of pyridine rings is 1. The molecule has 0 saturated carbocycles. The third-order valence-electron chi connectivity index (χ3n) is 2.92. The Morgan fingerprint density at radius 1 is 1.41 bits per heavy atom. The Hall–Kier alpha value is -1.75. The maximum absolute atomic E-state index is 5.23. The van der Waals surface area contributed by atoms with Gasteiger partial charge in [-0.15, -0.1) is 0 Å². The topological polar surface area (TPSA) is 63.8 Å². The molecule has 2 aromatic heterocycles. The predicted molar refractivity (Wildman–Crippen MR) is 61.4 cm³/mol. The second-order valence-electron chi connectivity index (χ2n) is 4.37. The molecule has 3 rings (SSSR count). The molecule has 17 heavy (non-hydrogen) atoms. The first-order valence-corrected chi connectivity index (χ1v) is 5.81. The second kappa shape index (κ2) is 4.63. The van der Waals surface area contributed by atoms with Crippen molar-refractivity contribution < 1.29 is 4.52 Å². The minimum Gasteiger partial charge on any atom is -0.339 e. The van der Waals surface area contributed by atoms with Gasteiger partial charge in [0.2, 0.25) is 5.89 Å². The molecule has 1 fully saturated rings. The van der Waals surface area contributed by atoms with E-state index in [-0.39, 0.29) is 0 Å². The Morgan fingerprint density at radius 3 is 3.06 bits per heavy atom. The number of nitrogens with one attached hydrogen (secondary N) is 1. The van der Waals surface area contributed by atoms with Crippen LogP contribution < -0.4 is 5.32 Å². The Bertz CT molecular complexity index is 478. The van der Waals surface area contributed by atoms with Gasteiger partial charge in [-0.25, -0.2) is 0 Å². The minimum atomic E-state index is 0.654. The van der Waals surface area contributed by atoms with Crippen molar-refractivity contribution in [2.24, 2.45) is 5.92 Å². The van der Waals surface area contributed by atoms with Crippen LogP contribution in [0.25, 0.3) is 0 Å². The zero-order valence-electron chi connectivity index (χ0n) is 9.47. The fraction of sp³-hybridized carbons (Fsp3) is 0.417. The smallest absolute Gasteiger partial charge is 0.227 e. The molecule has 2 aromatic rings. The summed E-state index contributed by atoms with van der Waals surface area (Å²) in [5, 5.41) is 7.22. The van der Waals surface area contributed by atoms with Crippen LogP contribution in [-0.4, -0.2) is 28.2 Å². The van der Waals surface area contributed by atoms with Crippen molar-refractivity contribution in [2.75, 3.05) is 13.1 Å². The average Bonchev–Trinajstić information content (AvgIpc) is 2.73. The molecule has 0 spiro atoms. The summed E-state index contributed by atoms with van der Waals surface area (Å²) in [5.74, 6) is 2.14. The molecule has 0 aromatic carbocycles. The third-order valence-corrected chi connectivity index (χ3v) is 2.92. The first kappa shape index (κ1) is 10.4. The predicted octanol–water partition coefficient (Wildman–Crippen LogP) is 0.817. The van der Waals surface area contributed by atoms with Gasteiger partial charge in [0.1, 0.15) is 0 Å². The van der Waals surface area contributed by atoms with E-state index in [9.17, 15) is 0 Å². The van der Waals surface area contributed by atoms with Gasteiger partial charge >= 0.3 is 0 Å². The Balaban J connectivity index is 1.64. The van der Waals surface area contributed by atoms with Gasteiger partial charge in [-0.2, -0.15) is 4.98 Å². The van der Waals surface area contributed by atoms with Gasteiger partial charge in [-0.3, -0.25) is 4.98 Å². The molecule has 0 atom stereocenters. The second-order valence-corrected chi connectivity index (χ2v) is 4.37. The molecule has 1 saturated heterocycles. The molecule has 0 bridgehead atoms. The minimum absolute atomic E-state index is 0.654. The van der Waals surface area contributed by atoms with Crippen molar-refractivity contribution in [1.82, 2.24) is 20.4 Å². The van der Waals surface area contributed by atoms with Crippen molar-refractivity contribution in [1.29, 1.82) is 0 Å². The van der Waals surface area contributed by atoms with E-state index in [1.54, 1.807) is 6.20 Å². The molecular weight excluding hydrogens is 216 g/mol. The molecule has 0 radical (unpaired) electrons. The maximum atomic E-state index is 5.23. The first-order valence-electron chi connectivity index (χ1n) is 5.81. The van der Waals surface area contributed by atoms with Gasteiger partial charge in [-0.05, 0) is 30.6 Å². The van der Waals surface area contributed by atoms with E-state index in [1.807, 2.05) is 18.3 Å². The molecule has 1 aliphatic heterocycles. The molecule has 3 heterocycles. The van der Waals surface area contributed by atoms with Gasteiger partial charge in [-0.1, -0.05) is 11.2 Å². The van der Waals surface area contributed by atoms with Gasteiger partial charge in [0.05, 0.1) is 0 Å². The van der Waals surface area contributed by atoms with E-state index in [2.05, 4.69) is 20.4 Å². The highest BCUT2D eigenvalue weighted by molar-refractivity contribution is 5.13. The SMILES string of the molecule is c1cncc(Cc2noc(CC3CNC3)n2)c1. The van der Waals surface area contributed by atoms with Crippen LogP contribution >= 0.6 is 0 Å². The quantitative estimate of drug-likeness (QED) is 0.842. The lowest BCUT2D eigenvalue weighted by molar-refractivity contribution is 0.295. The lowest BCUT2D eigenvalue weighted by Crippen LogP contribution is -2.43. The van der Waals surface area contributed by atoms with Gasteiger partial charge in [0.25, 0.3) is 0 Å².